The second-order valence-corrected chi connectivity index (χ2v) is 24.4. The Kier molecular flexibility index (Phi) is 44.2. The van der Waals surface area contributed by atoms with Crippen molar-refractivity contribution in [1.29, 1.82) is 0 Å². The van der Waals surface area contributed by atoms with Gasteiger partial charge in [0.2, 0.25) is 53.2 Å². The van der Waals surface area contributed by atoms with Crippen LogP contribution in [0.3, 0.4) is 0 Å². The number of aliphatic hydroxyl groups excluding tert-OH is 9. The minimum atomic E-state index is -1.44. The van der Waals surface area contributed by atoms with Gasteiger partial charge in [-0.25, -0.2) is 0 Å². The molecule has 0 spiro atoms. The summed E-state index contributed by atoms with van der Waals surface area (Å²) in [6, 6.07) is -3.22. The third-order valence-electron chi connectivity index (χ3n) is 16.1. The van der Waals surface area contributed by atoms with Crippen LogP contribution in [-0.4, -0.2) is 322 Å². The van der Waals surface area contributed by atoms with Crippen molar-refractivity contribution in [2.75, 3.05) is 126 Å². The number of unbranched alkanes of at least 4 members (excludes halogenated alkanes) is 3. The highest BCUT2D eigenvalue weighted by molar-refractivity contribution is 5.78. The van der Waals surface area contributed by atoms with Crippen molar-refractivity contribution in [1.82, 2.24) is 53.2 Å². The summed E-state index contributed by atoms with van der Waals surface area (Å²) in [5, 5.41) is 118. The number of hydrogen-bond acceptors (Lipinski definition) is 28. The normalized spacial score (nSPS) is 25.8. The Bertz CT molecular complexity index is 2130. The molecular formula is C62H112N10O27. The molecule has 0 saturated carbocycles. The highest BCUT2D eigenvalue weighted by Gasteiger charge is 2.48. The smallest absolute Gasteiger partial charge is 0.222 e. The first-order chi connectivity index (χ1) is 47.4. The Morgan fingerprint density at radius 3 is 0.808 bits per heavy atom. The van der Waals surface area contributed by atoms with Gasteiger partial charge in [0.15, 0.2) is 18.9 Å². The maximum absolute atomic E-state index is 12.7. The van der Waals surface area contributed by atoms with Crippen LogP contribution in [0.15, 0.2) is 0 Å². The van der Waals surface area contributed by atoms with Crippen molar-refractivity contribution in [2.24, 2.45) is 0 Å². The maximum Gasteiger partial charge on any atom is 0.222 e. The Hall–Kier alpha value is -5.53. The third kappa shape index (κ3) is 34.8. The molecule has 0 aromatic carbocycles. The van der Waals surface area contributed by atoms with E-state index >= 15 is 0 Å². The Balaban J connectivity index is 1.36. The third-order valence-corrected chi connectivity index (χ3v) is 16.1. The Morgan fingerprint density at radius 1 is 0.343 bits per heavy atom. The number of nitrogens with one attached hydrogen (secondary N) is 10. The first kappa shape index (κ1) is 87.7. The van der Waals surface area contributed by atoms with Crippen LogP contribution < -0.4 is 53.2 Å². The summed E-state index contributed by atoms with van der Waals surface area (Å²) in [5.41, 5.74) is -0.999. The minimum absolute atomic E-state index is 0.00567. The van der Waals surface area contributed by atoms with Gasteiger partial charge in [-0.1, -0.05) is 0 Å². The number of carbonyl (C=O) groups is 9. The van der Waals surface area contributed by atoms with Gasteiger partial charge in [-0.15, -0.1) is 0 Å². The molecule has 0 radical (unpaired) electrons. The van der Waals surface area contributed by atoms with Gasteiger partial charge in [0, 0.05) is 118 Å². The Morgan fingerprint density at radius 2 is 0.586 bits per heavy atom. The molecule has 99 heavy (non-hydrogen) atoms. The monoisotopic (exact) mass is 1430 g/mol. The molecule has 37 heteroatoms. The first-order valence-electron chi connectivity index (χ1n) is 33.9. The van der Waals surface area contributed by atoms with Crippen molar-refractivity contribution in [3.63, 3.8) is 0 Å². The number of hydrogen-bond donors (Lipinski definition) is 19. The molecule has 15 atom stereocenters. The molecule has 0 aromatic heterocycles. The predicted octanol–water partition coefficient (Wildman–Crippen LogP) is -7.58. The van der Waals surface area contributed by atoms with E-state index in [4.69, 9.17) is 42.6 Å². The van der Waals surface area contributed by atoms with E-state index in [9.17, 15) is 89.1 Å². The largest absolute Gasteiger partial charge is 0.394 e. The number of aliphatic hydroxyl groups is 9. The Labute approximate surface area is 576 Å². The van der Waals surface area contributed by atoms with Gasteiger partial charge >= 0.3 is 0 Å². The van der Waals surface area contributed by atoms with Gasteiger partial charge in [-0.2, -0.15) is 0 Å². The fourth-order valence-corrected chi connectivity index (χ4v) is 10.4. The molecule has 19 N–H and O–H groups in total. The second-order valence-electron chi connectivity index (χ2n) is 24.4. The summed E-state index contributed by atoms with van der Waals surface area (Å²) < 4.78 is 51.5. The standard InChI is InChI=1S/C62H112N10O27/c1-38(76)70-50-56(88)53(85)41(32-73)97-59(50)94-26-8-5-14-44(79)64-20-11-23-67-47(82)17-29-91-35-62(63-4,36-92-30-18-48(83)68-24-12-21-65-45(80)15-6-9-27-95-60-51(71-39(2)77)57(89)54(86)42(33-74)98-60)37-93-31-19-49(84)69-25-13-22-66-46(81)16-7-10-28-96-61-52(72-40(3)78)58(90)55(87)43(34-75)99-61/h41-43,50-61,63,73-75,85-90H,5-37H2,1-4H3,(H,64,79)(H,65,80)(H,66,81)(H,67,82)(H,68,83)(H,69,84)(H,70,76)(H,71,77)(H,72,78)/t41?,42?,43?,50-,51-,52?,53-,54-,55-,56?,57?,58?,59+,60+,61+,62?/m0/s1. The summed E-state index contributed by atoms with van der Waals surface area (Å²) in [6.07, 6.45) is -11.0. The first-order valence-corrected chi connectivity index (χ1v) is 33.9. The van der Waals surface area contributed by atoms with Crippen LogP contribution in [0.5, 0.6) is 0 Å². The van der Waals surface area contributed by atoms with Gasteiger partial charge in [0.1, 0.15) is 73.1 Å². The van der Waals surface area contributed by atoms with E-state index in [1.54, 1.807) is 7.05 Å². The van der Waals surface area contributed by atoms with Crippen molar-refractivity contribution in [3.05, 3.63) is 0 Å². The average molecular weight is 1430 g/mol. The lowest BCUT2D eigenvalue weighted by Crippen LogP contribution is -2.64. The van der Waals surface area contributed by atoms with E-state index in [0.29, 0.717) is 77.4 Å². The molecule has 572 valence electrons. The molecule has 9 amide bonds. The van der Waals surface area contributed by atoms with E-state index < -0.39 is 135 Å². The zero-order valence-corrected chi connectivity index (χ0v) is 57.4. The summed E-state index contributed by atoms with van der Waals surface area (Å²) in [5.74, 6) is -3.01. The van der Waals surface area contributed by atoms with Crippen molar-refractivity contribution >= 4 is 53.2 Å². The quantitative estimate of drug-likeness (QED) is 0.0252. The predicted molar refractivity (Wildman–Crippen MR) is 346 cm³/mol. The van der Waals surface area contributed by atoms with Crippen molar-refractivity contribution < 1.29 is 132 Å². The zero-order chi connectivity index (χ0) is 73.1. The van der Waals surface area contributed by atoms with E-state index in [1.807, 2.05) is 0 Å². The van der Waals surface area contributed by atoms with Crippen molar-refractivity contribution in [3.8, 4) is 0 Å². The summed E-state index contributed by atoms with van der Waals surface area (Å²) >= 11 is 0. The fourth-order valence-electron chi connectivity index (χ4n) is 10.4. The maximum atomic E-state index is 12.7. The molecule has 3 rings (SSSR count). The summed E-state index contributed by atoms with van der Waals surface area (Å²) in [4.78, 5) is 111. The molecule has 3 fully saturated rings. The van der Waals surface area contributed by atoms with Crippen LogP contribution in [0.4, 0.5) is 0 Å². The molecule has 0 bridgehead atoms. The number of ether oxygens (including phenoxy) is 9. The van der Waals surface area contributed by atoms with E-state index in [2.05, 4.69) is 53.2 Å². The SMILES string of the molecule is CNC(COCCC(=O)NCCCNC(=O)CCCCO[C@@H]1OC(CO)[C@H](O)C(O)C1NC(C)=O)(COCCC(=O)NCCCNC(=O)CCCCO[C@@H]1OC(CO)[C@H](O)C(O)[C@@H]1NC(C)=O)COCCC(=O)NCCCNC(=O)CCCCO[C@@H]1OC(CO)[C@H](O)C(O)[C@@H]1NC(C)=O. The molecule has 7 unspecified atom stereocenters. The van der Waals surface area contributed by atoms with Gasteiger partial charge in [-0.3, -0.25) is 43.2 Å². The topological polar surface area (TPSA) is 539 Å². The zero-order valence-electron chi connectivity index (χ0n) is 57.4. The van der Waals surface area contributed by atoms with Crippen LogP contribution in [0.1, 0.15) is 117 Å². The van der Waals surface area contributed by atoms with E-state index in [1.165, 1.54) is 20.8 Å². The average Bonchev–Trinajstić information content (AvgIpc) is 0.824. The molecular weight excluding hydrogens is 1320 g/mol. The van der Waals surface area contributed by atoms with Crippen LogP contribution in [0, 0.1) is 0 Å². The lowest BCUT2D eigenvalue weighted by atomic mass is 9.97. The second kappa shape index (κ2) is 49.9. The molecule has 3 saturated heterocycles. The summed E-state index contributed by atoms with van der Waals surface area (Å²) in [6.45, 7) is 3.94. The van der Waals surface area contributed by atoms with Crippen LogP contribution >= 0.6 is 0 Å². The number of carbonyl (C=O) groups excluding carboxylic acids is 9. The van der Waals surface area contributed by atoms with Gasteiger partial charge in [-0.05, 0) is 64.8 Å². The number of likely N-dealkylation sites (N-methyl/N-ethyl adjacent to an activating group) is 1. The fraction of sp³-hybridized carbons (Fsp3) is 0.855. The van der Waals surface area contributed by atoms with Crippen LogP contribution in [0.2, 0.25) is 0 Å². The molecule has 37 nitrogen and oxygen atoms in total. The molecule has 3 heterocycles. The lowest BCUT2D eigenvalue weighted by Gasteiger charge is -2.42. The minimum Gasteiger partial charge on any atom is -0.394 e. The number of rotatable bonds is 52. The molecule has 3 aliphatic heterocycles. The summed E-state index contributed by atoms with van der Waals surface area (Å²) in [7, 11) is 1.66. The van der Waals surface area contributed by atoms with Crippen LogP contribution in [0.25, 0.3) is 0 Å². The van der Waals surface area contributed by atoms with Gasteiger partial charge in [0.05, 0.1) is 65.0 Å². The highest BCUT2D eigenvalue weighted by atomic mass is 16.7. The highest BCUT2D eigenvalue weighted by Crippen LogP contribution is 2.26. The van der Waals surface area contributed by atoms with Crippen molar-refractivity contribution in [2.45, 2.75) is 215 Å². The molecule has 0 aliphatic carbocycles. The van der Waals surface area contributed by atoms with Gasteiger partial charge in [0.25, 0.3) is 0 Å². The molecule has 0 aromatic rings. The van der Waals surface area contributed by atoms with E-state index in [-0.39, 0.29) is 153 Å². The number of amides is 9. The van der Waals surface area contributed by atoms with Crippen LogP contribution in [-0.2, 0) is 85.8 Å². The van der Waals surface area contributed by atoms with E-state index in [0.717, 1.165) is 0 Å². The molecule has 3 aliphatic rings. The lowest BCUT2D eigenvalue weighted by molar-refractivity contribution is -0.270. The van der Waals surface area contributed by atoms with Gasteiger partial charge < -0.3 is 142 Å².